The molecule has 156 valence electrons. The summed E-state index contributed by atoms with van der Waals surface area (Å²) < 4.78 is 7.85. The van der Waals surface area contributed by atoms with Gasteiger partial charge in [0, 0.05) is 45.7 Å². The smallest absolute Gasteiger partial charge is 0.191 e. The molecular formula is C21H34IN5O. The maximum Gasteiger partial charge on any atom is 0.191 e. The first-order valence-corrected chi connectivity index (χ1v) is 9.72. The van der Waals surface area contributed by atoms with E-state index in [1.54, 1.807) is 13.2 Å². The topological polar surface area (TPSA) is 63.5 Å². The molecule has 0 radical (unpaired) electrons. The molecule has 1 atom stereocenters. The number of hydrogen-bond acceptors (Lipinski definition) is 3. The summed E-state index contributed by atoms with van der Waals surface area (Å²) in [5, 5.41) is 6.74. The first-order valence-electron chi connectivity index (χ1n) is 9.72. The second-order valence-corrected chi connectivity index (χ2v) is 6.93. The highest BCUT2D eigenvalue weighted by Gasteiger charge is 2.12. The van der Waals surface area contributed by atoms with Gasteiger partial charge in [0.2, 0.25) is 0 Å². The Morgan fingerprint density at radius 2 is 1.89 bits per heavy atom. The molecule has 2 rings (SSSR count). The van der Waals surface area contributed by atoms with Crippen molar-refractivity contribution in [1.82, 2.24) is 20.2 Å². The summed E-state index contributed by atoms with van der Waals surface area (Å²) in [6.07, 6.45) is 6.86. The van der Waals surface area contributed by atoms with Crippen LogP contribution in [0.3, 0.4) is 0 Å². The van der Waals surface area contributed by atoms with Crippen LogP contribution in [-0.4, -0.2) is 41.8 Å². The van der Waals surface area contributed by atoms with Gasteiger partial charge in [-0.2, -0.15) is 0 Å². The Morgan fingerprint density at radius 3 is 2.46 bits per heavy atom. The number of halogens is 1. The molecule has 0 aliphatic carbocycles. The number of guanidine groups is 1. The summed E-state index contributed by atoms with van der Waals surface area (Å²) in [6, 6.07) is 8.61. The van der Waals surface area contributed by atoms with Crippen molar-refractivity contribution >= 4 is 29.9 Å². The lowest BCUT2D eigenvalue weighted by atomic mass is 10.0. The summed E-state index contributed by atoms with van der Waals surface area (Å²) in [5.74, 6) is 1.33. The molecule has 0 aliphatic rings. The van der Waals surface area contributed by atoms with Crippen LogP contribution in [0.4, 0.5) is 0 Å². The number of aromatic nitrogens is 2. The van der Waals surface area contributed by atoms with Crippen molar-refractivity contribution in [3.05, 3.63) is 54.1 Å². The van der Waals surface area contributed by atoms with Gasteiger partial charge in [-0.1, -0.05) is 38.1 Å². The summed E-state index contributed by atoms with van der Waals surface area (Å²) in [7, 11) is 1.80. The van der Waals surface area contributed by atoms with Crippen molar-refractivity contribution in [2.24, 2.45) is 10.9 Å². The minimum Gasteiger partial charge on any atom is -0.378 e. The van der Waals surface area contributed by atoms with Crippen molar-refractivity contribution in [3.63, 3.8) is 0 Å². The maximum absolute atomic E-state index is 5.79. The van der Waals surface area contributed by atoms with Gasteiger partial charge in [-0.25, -0.2) is 4.98 Å². The Bertz CT molecular complexity index is 671. The van der Waals surface area contributed by atoms with Crippen LogP contribution in [0.2, 0.25) is 0 Å². The SMILES string of the molecule is CCOC(CCNC(=NC)NCc1ccc(Cn2ccnc2)cc1)C(C)C.I. The van der Waals surface area contributed by atoms with Crippen LogP contribution in [-0.2, 0) is 17.8 Å². The van der Waals surface area contributed by atoms with Crippen LogP contribution in [0, 0.1) is 5.92 Å². The van der Waals surface area contributed by atoms with E-state index < -0.39 is 0 Å². The van der Waals surface area contributed by atoms with Crippen molar-refractivity contribution in [3.8, 4) is 0 Å². The molecule has 28 heavy (non-hydrogen) atoms. The zero-order valence-electron chi connectivity index (χ0n) is 17.4. The van der Waals surface area contributed by atoms with Crippen molar-refractivity contribution < 1.29 is 4.74 Å². The number of benzene rings is 1. The number of nitrogens with zero attached hydrogens (tertiary/aromatic N) is 3. The Balaban J connectivity index is 0.00000392. The third kappa shape index (κ3) is 8.60. The van der Waals surface area contributed by atoms with E-state index in [0.717, 1.165) is 38.6 Å². The minimum absolute atomic E-state index is 0. The second kappa shape index (κ2) is 13.5. The van der Waals surface area contributed by atoms with E-state index in [9.17, 15) is 0 Å². The molecule has 0 amide bonds. The highest BCUT2D eigenvalue weighted by atomic mass is 127. The molecule has 0 saturated carbocycles. The van der Waals surface area contributed by atoms with Gasteiger partial charge in [-0.3, -0.25) is 4.99 Å². The highest BCUT2D eigenvalue weighted by molar-refractivity contribution is 14.0. The van der Waals surface area contributed by atoms with Crippen LogP contribution in [0.25, 0.3) is 0 Å². The third-order valence-corrected chi connectivity index (χ3v) is 4.48. The molecule has 0 aliphatic heterocycles. The number of rotatable bonds is 10. The van der Waals surface area contributed by atoms with Gasteiger partial charge in [-0.05, 0) is 30.4 Å². The normalized spacial score (nSPS) is 12.5. The van der Waals surface area contributed by atoms with Crippen molar-refractivity contribution in [2.45, 2.75) is 46.4 Å². The molecule has 1 aromatic carbocycles. The fraction of sp³-hybridized carbons (Fsp3) is 0.524. The van der Waals surface area contributed by atoms with Gasteiger partial charge in [0.15, 0.2) is 5.96 Å². The van der Waals surface area contributed by atoms with Crippen LogP contribution < -0.4 is 10.6 Å². The molecule has 1 heterocycles. The lowest BCUT2D eigenvalue weighted by molar-refractivity contribution is 0.0258. The lowest BCUT2D eigenvalue weighted by Crippen LogP contribution is -2.38. The number of nitrogens with one attached hydrogen (secondary N) is 2. The van der Waals surface area contributed by atoms with E-state index in [1.807, 2.05) is 19.4 Å². The molecule has 6 nitrogen and oxygen atoms in total. The van der Waals surface area contributed by atoms with Gasteiger partial charge in [-0.15, -0.1) is 24.0 Å². The summed E-state index contributed by atoms with van der Waals surface area (Å²) in [6.45, 7) is 9.62. The third-order valence-electron chi connectivity index (χ3n) is 4.48. The van der Waals surface area contributed by atoms with E-state index in [2.05, 4.69) is 63.3 Å². The molecule has 0 saturated heterocycles. The monoisotopic (exact) mass is 499 g/mol. The summed E-state index contributed by atoms with van der Waals surface area (Å²) in [4.78, 5) is 8.38. The lowest BCUT2D eigenvalue weighted by Gasteiger charge is -2.21. The van der Waals surface area contributed by atoms with Crippen molar-refractivity contribution in [2.75, 3.05) is 20.2 Å². The molecule has 2 N–H and O–H groups in total. The van der Waals surface area contributed by atoms with Gasteiger partial charge in [0.25, 0.3) is 0 Å². The van der Waals surface area contributed by atoms with Crippen LogP contribution in [0.15, 0.2) is 48.0 Å². The van der Waals surface area contributed by atoms with Gasteiger partial charge < -0.3 is 19.9 Å². The Hall–Kier alpha value is -1.61. The fourth-order valence-electron chi connectivity index (χ4n) is 2.92. The molecule has 7 heteroatoms. The molecule has 0 spiro atoms. The number of ether oxygens (including phenoxy) is 1. The predicted molar refractivity (Wildman–Crippen MR) is 126 cm³/mol. The molecule has 1 unspecified atom stereocenters. The Labute approximate surface area is 186 Å². The van der Waals surface area contributed by atoms with Crippen LogP contribution >= 0.6 is 24.0 Å². The zero-order valence-corrected chi connectivity index (χ0v) is 19.7. The van der Waals surface area contributed by atoms with Crippen LogP contribution in [0.5, 0.6) is 0 Å². The maximum atomic E-state index is 5.79. The summed E-state index contributed by atoms with van der Waals surface area (Å²) >= 11 is 0. The standard InChI is InChI=1S/C21H33N5O.HI/c1-5-27-20(17(2)3)10-11-24-21(22-4)25-14-18-6-8-19(9-7-18)15-26-13-12-23-16-26;/h6-9,12-13,16-17,20H,5,10-11,14-15H2,1-4H3,(H2,22,24,25);1H. The average molecular weight is 499 g/mol. The first kappa shape index (κ1) is 24.4. The Morgan fingerprint density at radius 1 is 1.18 bits per heavy atom. The highest BCUT2D eigenvalue weighted by Crippen LogP contribution is 2.10. The van der Waals surface area contributed by atoms with E-state index in [4.69, 9.17) is 4.74 Å². The van der Waals surface area contributed by atoms with E-state index in [1.165, 1.54) is 11.1 Å². The molecular weight excluding hydrogens is 465 g/mol. The number of hydrogen-bond donors (Lipinski definition) is 2. The Kier molecular flexibility index (Phi) is 11.8. The van der Waals surface area contributed by atoms with E-state index in [-0.39, 0.29) is 30.1 Å². The van der Waals surface area contributed by atoms with Crippen molar-refractivity contribution in [1.29, 1.82) is 0 Å². The minimum atomic E-state index is 0. The number of imidazole rings is 1. The summed E-state index contributed by atoms with van der Waals surface area (Å²) in [5.41, 5.74) is 2.48. The van der Waals surface area contributed by atoms with Crippen LogP contribution in [0.1, 0.15) is 38.3 Å². The quantitative estimate of drug-likeness (QED) is 0.298. The zero-order chi connectivity index (χ0) is 19.5. The number of aliphatic imine (C=N–C) groups is 1. The molecule has 0 bridgehead atoms. The van der Waals surface area contributed by atoms with Gasteiger partial charge in [0.1, 0.15) is 0 Å². The van der Waals surface area contributed by atoms with Gasteiger partial charge >= 0.3 is 0 Å². The molecule has 0 fully saturated rings. The molecule has 2 aromatic rings. The van der Waals surface area contributed by atoms with Gasteiger partial charge in [0.05, 0.1) is 12.4 Å². The van der Waals surface area contributed by atoms with E-state index in [0.29, 0.717) is 5.92 Å². The first-order chi connectivity index (χ1) is 13.1. The fourth-order valence-corrected chi connectivity index (χ4v) is 2.92. The largest absolute Gasteiger partial charge is 0.378 e. The van der Waals surface area contributed by atoms with E-state index >= 15 is 0 Å². The average Bonchev–Trinajstić information content (AvgIpc) is 3.17. The second-order valence-electron chi connectivity index (χ2n) is 6.93. The predicted octanol–water partition coefficient (Wildman–Crippen LogP) is 3.67. The molecule has 1 aromatic heterocycles.